The van der Waals surface area contributed by atoms with Gasteiger partial charge in [0.05, 0.1) is 6.04 Å². The number of urea groups is 1. The molecule has 0 spiro atoms. The van der Waals surface area contributed by atoms with Crippen molar-refractivity contribution < 1.29 is 4.79 Å². The third-order valence-corrected chi connectivity index (χ3v) is 11.2. The Hall–Kier alpha value is -2.49. The van der Waals surface area contributed by atoms with E-state index in [0.29, 0.717) is 29.7 Å². The summed E-state index contributed by atoms with van der Waals surface area (Å²) in [6.45, 7) is 62.5. The minimum absolute atomic E-state index is 0.000588. The first-order chi connectivity index (χ1) is 28.8. The highest BCUT2D eigenvalue weighted by molar-refractivity contribution is 5.75. The van der Waals surface area contributed by atoms with E-state index in [1.54, 1.807) is 0 Å². The summed E-state index contributed by atoms with van der Waals surface area (Å²) < 4.78 is 0. The molecule has 0 saturated heterocycles. The Morgan fingerprint density at radius 1 is 0.672 bits per heavy atom. The zero-order valence-electron chi connectivity index (χ0n) is 45.2. The molecule has 1 rings (SSSR count). The number of rotatable bonds is 23. The molecule has 0 aromatic rings. The molecule has 61 heavy (non-hydrogen) atoms. The zero-order chi connectivity index (χ0) is 48.8. The van der Waals surface area contributed by atoms with Crippen molar-refractivity contribution in [2.45, 2.75) is 252 Å². The summed E-state index contributed by atoms with van der Waals surface area (Å²) in [4.78, 5) is 12.7. The highest BCUT2D eigenvalue weighted by atomic mass is 16.2. The van der Waals surface area contributed by atoms with Gasteiger partial charge in [0.2, 0.25) is 0 Å². The first-order valence-electron chi connectivity index (χ1n) is 25.5. The minimum atomic E-state index is -0.000588. The van der Waals surface area contributed by atoms with Crippen LogP contribution in [0.4, 0.5) is 4.79 Å². The summed E-state index contributed by atoms with van der Waals surface area (Å²) in [6, 6.07) is 0.399. The standard InChI is InChI=1S/C22H42N2O.C11H20.C10H20.C5H11N.C4H8.C3H8.C2H6/c1-6-9-11-14-18(7-2)21(17(4)5)24-22(25)23-20(8-3)19-15-12-10-13-16-19;1-6-7-8-10(4)11(5)9(2)3;1-6-9(4)7-10(5)8(2)3;1-4-6-5(2)3;1-3-4-2;1-3-2;1-2/h18-21H,4,6-16H2,1-3,5H3,(H2,23,24,25);10H,2,5-8H2,1,3-4H3;9-10H,2,6-7H2,1,3-5H3;6H,2,4H2,1,3H3;3H,1,4H2,2H3;3H2,1-2H3;1-2H3/t;;9-,10?;;;;/m..0..../s1. The van der Waals surface area contributed by atoms with Gasteiger partial charge in [0, 0.05) is 18.3 Å². The van der Waals surface area contributed by atoms with Crippen molar-refractivity contribution >= 4 is 6.03 Å². The molecule has 0 aliphatic heterocycles. The van der Waals surface area contributed by atoms with Crippen molar-refractivity contribution in [3.8, 4) is 0 Å². The van der Waals surface area contributed by atoms with Gasteiger partial charge in [-0.1, -0.05) is 222 Å². The van der Waals surface area contributed by atoms with E-state index in [4.69, 9.17) is 0 Å². The fourth-order valence-electron chi connectivity index (χ4n) is 6.73. The number of hydrogen-bond acceptors (Lipinski definition) is 2. The lowest BCUT2D eigenvalue weighted by Crippen LogP contribution is -2.50. The Kier molecular flexibility index (Phi) is 59.7. The Balaban J connectivity index is -0.000000174. The second kappa shape index (κ2) is 51.9. The molecule has 1 aliphatic rings. The maximum Gasteiger partial charge on any atom is 0.315 e. The van der Waals surface area contributed by atoms with Gasteiger partial charge in [-0.15, -0.1) is 6.58 Å². The van der Waals surface area contributed by atoms with Crippen molar-refractivity contribution in [2.24, 2.45) is 29.6 Å². The molecule has 2 amide bonds. The van der Waals surface area contributed by atoms with Gasteiger partial charge in [-0.25, -0.2) is 4.79 Å². The van der Waals surface area contributed by atoms with Gasteiger partial charge in [-0.2, -0.15) is 0 Å². The van der Waals surface area contributed by atoms with Gasteiger partial charge in [-0.05, 0) is 109 Å². The van der Waals surface area contributed by atoms with E-state index in [9.17, 15) is 4.79 Å². The van der Waals surface area contributed by atoms with Gasteiger partial charge in [0.15, 0.2) is 0 Å². The molecule has 0 aromatic heterocycles. The topological polar surface area (TPSA) is 53.2 Å². The first-order valence-corrected chi connectivity index (χ1v) is 25.5. The number of unbranched alkanes of at least 4 members (excludes halogenated alkanes) is 3. The number of carbonyl (C=O) groups is 1. The summed E-state index contributed by atoms with van der Waals surface area (Å²) >= 11 is 0. The summed E-state index contributed by atoms with van der Waals surface area (Å²) in [5.74, 6) is 3.32. The summed E-state index contributed by atoms with van der Waals surface area (Å²) in [5, 5.41) is 9.54. The van der Waals surface area contributed by atoms with Crippen molar-refractivity contribution in [3.63, 3.8) is 0 Å². The molecule has 6 atom stereocenters. The predicted molar refractivity (Wildman–Crippen MR) is 286 cm³/mol. The lowest BCUT2D eigenvalue weighted by molar-refractivity contribution is 0.212. The summed E-state index contributed by atoms with van der Waals surface area (Å²) in [6.07, 6.45) is 24.1. The SMILES string of the molecule is C=C(C)C(=C)C(C)CCCC.C=C(C)C(C)C[C@@H](C)CC.C=C(C)C(NC(=O)NC(CC)C1CCCCC1)C(CC)CCCCC.C=C(C)NCC.C=CCC.CC.CCC. The Morgan fingerprint density at radius 2 is 1.18 bits per heavy atom. The van der Waals surface area contributed by atoms with E-state index in [-0.39, 0.29) is 12.1 Å². The van der Waals surface area contributed by atoms with Crippen LogP contribution in [0.5, 0.6) is 0 Å². The second-order valence-electron chi connectivity index (χ2n) is 17.6. The van der Waals surface area contributed by atoms with Crippen LogP contribution in [-0.2, 0) is 0 Å². The van der Waals surface area contributed by atoms with Gasteiger partial charge in [0.25, 0.3) is 0 Å². The van der Waals surface area contributed by atoms with Crippen molar-refractivity contribution in [3.05, 3.63) is 73.5 Å². The molecule has 0 aromatic carbocycles. The highest BCUT2D eigenvalue weighted by Gasteiger charge is 2.26. The summed E-state index contributed by atoms with van der Waals surface area (Å²) in [7, 11) is 0. The fraction of sp³-hybridized carbons (Fsp3) is 0.772. The third-order valence-electron chi connectivity index (χ3n) is 11.2. The molecule has 5 unspecified atom stereocenters. The molecule has 1 fully saturated rings. The quantitative estimate of drug-likeness (QED) is 0.0545. The van der Waals surface area contributed by atoms with E-state index in [1.165, 1.54) is 107 Å². The van der Waals surface area contributed by atoms with Crippen LogP contribution < -0.4 is 16.0 Å². The molecule has 364 valence electrons. The van der Waals surface area contributed by atoms with Crippen LogP contribution in [0, 0.1) is 29.6 Å². The second-order valence-corrected chi connectivity index (χ2v) is 17.6. The largest absolute Gasteiger partial charge is 0.389 e. The molecule has 0 bridgehead atoms. The smallest absolute Gasteiger partial charge is 0.315 e. The van der Waals surface area contributed by atoms with E-state index in [2.05, 4.69) is 145 Å². The van der Waals surface area contributed by atoms with E-state index in [0.717, 1.165) is 48.6 Å². The van der Waals surface area contributed by atoms with Gasteiger partial charge < -0.3 is 16.0 Å². The minimum Gasteiger partial charge on any atom is -0.389 e. The lowest BCUT2D eigenvalue weighted by atomic mass is 9.83. The molecule has 0 radical (unpaired) electrons. The molecular formula is C57H115N3O. The van der Waals surface area contributed by atoms with Crippen molar-refractivity contribution in [2.75, 3.05) is 6.54 Å². The van der Waals surface area contributed by atoms with E-state index in [1.807, 2.05) is 40.7 Å². The maximum atomic E-state index is 12.7. The van der Waals surface area contributed by atoms with Crippen LogP contribution in [0.2, 0.25) is 0 Å². The fourth-order valence-corrected chi connectivity index (χ4v) is 6.73. The number of allylic oxidation sites excluding steroid dienone is 5. The number of nitrogens with one attached hydrogen (secondary N) is 3. The summed E-state index contributed by atoms with van der Waals surface area (Å²) in [5.41, 5.74) is 5.79. The molecular weight excluding hydrogens is 743 g/mol. The zero-order valence-corrected chi connectivity index (χ0v) is 45.2. The molecule has 1 saturated carbocycles. The van der Waals surface area contributed by atoms with Gasteiger partial charge in [-0.3, -0.25) is 0 Å². The van der Waals surface area contributed by atoms with E-state index >= 15 is 0 Å². The normalized spacial score (nSPS) is 14.3. The van der Waals surface area contributed by atoms with Crippen LogP contribution in [0.25, 0.3) is 0 Å². The molecule has 0 heterocycles. The molecule has 1 aliphatic carbocycles. The van der Waals surface area contributed by atoms with Crippen LogP contribution in [-0.4, -0.2) is 24.7 Å². The van der Waals surface area contributed by atoms with Gasteiger partial charge >= 0.3 is 6.03 Å². The average molecular weight is 859 g/mol. The molecule has 4 heteroatoms. The monoisotopic (exact) mass is 858 g/mol. The highest BCUT2D eigenvalue weighted by Crippen LogP contribution is 2.28. The Bertz CT molecular complexity index is 1040. The third kappa shape index (κ3) is 48.4. The Morgan fingerprint density at radius 3 is 1.51 bits per heavy atom. The molecule has 4 nitrogen and oxygen atoms in total. The number of amides is 2. The first kappa shape index (κ1) is 70.2. The lowest BCUT2D eigenvalue weighted by Gasteiger charge is -2.32. The Labute approximate surface area is 387 Å². The number of hydrogen-bond donors (Lipinski definition) is 3. The van der Waals surface area contributed by atoms with Crippen molar-refractivity contribution in [1.29, 1.82) is 0 Å². The average Bonchev–Trinajstić information content (AvgIpc) is 3.24. The predicted octanol–water partition coefficient (Wildman–Crippen LogP) is 18.9. The molecule has 3 N–H and O–H groups in total. The van der Waals surface area contributed by atoms with Gasteiger partial charge in [0.1, 0.15) is 0 Å². The van der Waals surface area contributed by atoms with Crippen molar-refractivity contribution in [1.82, 2.24) is 16.0 Å². The number of carbonyl (C=O) groups excluding carboxylic acids is 1. The van der Waals surface area contributed by atoms with Crippen LogP contribution in [0.15, 0.2) is 73.5 Å². The van der Waals surface area contributed by atoms with Crippen LogP contribution in [0.3, 0.4) is 0 Å². The maximum absolute atomic E-state index is 12.7. The van der Waals surface area contributed by atoms with Crippen LogP contribution >= 0.6 is 0 Å². The van der Waals surface area contributed by atoms with E-state index < -0.39 is 0 Å². The van der Waals surface area contributed by atoms with Crippen LogP contribution in [0.1, 0.15) is 240 Å².